The molecule has 0 aromatic heterocycles. The van der Waals surface area contributed by atoms with Crippen molar-refractivity contribution < 1.29 is 27.5 Å². The lowest BCUT2D eigenvalue weighted by Crippen LogP contribution is -2.46. The van der Waals surface area contributed by atoms with Gasteiger partial charge in [0.25, 0.3) is 0 Å². The van der Waals surface area contributed by atoms with E-state index in [1.165, 1.54) is 24.5 Å². The average molecular weight is 753 g/mol. The molecule has 2 N–H and O–H groups in total. The highest BCUT2D eigenvalue weighted by atomic mass is 19.3. The number of rotatable bonds is 16. The van der Waals surface area contributed by atoms with Gasteiger partial charge in [0.15, 0.2) is 0 Å². The van der Waals surface area contributed by atoms with Crippen molar-refractivity contribution in [3.8, 4) is 16.9 Å². The Morgan fingerprint density at radius 2 is 1.56 bits per heavy atom. The monoisotopic (exact) mass is 753 g/mol. The third-order valence-corrected chi connectivity index (χ3v) is 10.3. The molecule has 1 amide bonds. The second-order valence-corrected chi connectivity index (χ2v) is 15.4. The fourth-order valence-electron chi connectivity index (χ4n) is 6.82. The summed E-state index contributed by atoms with van der Waals surface area (Å²) in [5.74, 6) is 1.27. The maximum atomic E-state index is 14.1. The number of nitrogens with one attached hydrogen (secondary N) is 2. The molecule has 300 valence electrons. The minimum Gasteiger partial charge on any atom is -0.432 e. The number of unbranched alkanes of at least 4 members (excludes halogenated alkanes) is 2. The largest absolute Gasteiger partial charge is 0.432 e. The maximum Gasteiger partial charge on any atom is 0.394 e. The Balaban J connectivity index is 0.000000318. The first kappa shape index (κ1) is 46.5. The smallest absolute Gasteiger partial charge is 0.394 e. The van der Waals surface area contributed by atoms with Gasteiger partial charge in [0.05, 0.1) is 5.54 Å². The molecule has 0 saturated carbocycles. The molecule has 3 aromatic rings. The predicted octanol–water partition coefficient (Wildman–Crippen LogP) is 12.8. The number of Topliss-reactive ketones (excluding diaryl/α,β-unsaturated/α-hetero) is 1. The second kappa shape index (κ2) is 22.0. The number of carbonyl (C=O) groups excluding carboxylic acids is 2. The van der Waals surface area contributed by atoms with Gasteiger partial charge in [-0.05, 0) is 112 Å². The van der Waals surface area contributed by atoms with Gasteiger partial charge < -0.3 is 14.8 Å². The van der Waals surface area contributed by atoms with Crippen molar-refractivity contribution in [3.05, 3.63) is 88.2 Å². The van der Waals surface area contributed by atoms with Crippen molar-refractivity contribution in [1.29, 1.82) is 0 Å². The molecule has 3 aromatic carbocycles. The summed E-state index contributed by atoms with van der Waals surface area (Å²) in [7, 11) is 0. The number of alkyl halides is 2. The fourth-order valence-corrected chi connectivity index (χ4v) is 6.82. The zero-order valence-corrected chi connectivity index (χ0v) is 34.9. The lowest BCUT2D eigenvalue weighted by molar-refractivity contribution is -0.159. The molecule has 4 unspecified atom stereocenters. The van der Waals surface area contributed by atoms with E-state index in [4.69, 9.17) is 4.74 Å². The molecule has 0 spiro atoms. The van der Waals surface area contributed by atoms with Gasteiger partial charge in [-0.1, -0.05) is 109 Å². The van der Waals surface area contributed by atoms with Crippen molar-refractivity contribution >= 4 is 11.7 Å². The number of para-hydroxylation sites is 1. The molecule has 5 nitrogen and oxygen atoms in total. The van der Waals surface area contributed by atoms with Gasteiger partial charge in [-0.25, -0.2) is 4.39 Å². The van der Waals surface area contributed by atoms with Crippen LogP contribution in [0.4, 0.5) is 13.2 Å². The number of amides is 1. The number of halogens is 3. The maximum absolute atomic E-state index is 14.1. The van der Waals surface area contributed by atoms with Crippen molar-refractivity contribution in [1.82, 2.24) is 10.6 Å². The van der Waals surface area contributed by atoms with Crippen LogP contribution in [-0.4, -0.2) is 23.3 Å². The Labute approximate surface area is 324 Å². The first-order valence-corrected chi connectivity index (χ1v) is 20.0. The SMILES string of the molecule is CCC(C)c1cc(C)c(-c2cc(C)ccc2F)c(C)c1.CCCC1(CCC(C)CC)NC(c2ccccc2OC(C)(F)F)NC1=O.CCCCCC(C)=O. The molecule has 4 rings (SSSR count). The minimum atomic E-state index is -3.28. The van der Waals surface area contributed by atoms with Gasteiger partial charge in [0.2, 0.25) is 5.91 Å². The highest BCUT2D eigenvalue weighted by Gasteiger charge is 2.46. The Hall–Kier alpha value is -3.65. The molecular weight excluding hydrogens is 686 g/mol. The van der Waals surface area contributed by atoms with E-state index >= 15 is 0 Å². The van der Waals surface area contributed by atoms with E-state index in [0.29, 0.717) is 36.5 Å². The van der Waals surface area contributed by atoms with Gasteiger partial charge in [-0.3, -0.25) is 10.1 Å². The van der Waals surface area contributed by atoms with Gasteiger partial charge in [0.1, 0.15) is 23.5 Å². The van der Waals surface area contributed by atoms with E-state index in [1.54, 1.807) is 31.2 Å². The van der Waals surface area contributed by atoms with Crippen LogP contribution < -0.4 is 15.4 Å². The Morgan fingerprint density at radius 1 is 0.907 bits per heavy atom. The van der Waals surface area contributed by atoms with Crippen LogP contribution in [0.25, 0.3) is 11.1 Å². The third kappa shape index (κ3) is 14.2. The van der Waals surface area contributed by atoms with E-state index < -0.39 is 17.8 Å². The lowest BCUT2D eigenvalue weighted by atomic mass is 9.85. The van der Waals surface area contributed by atoms with E-state index in [1.807, 2.05) is 26.0 Å². The number of aryl methyl sites for hydroxylation is 3. The molecule has 0 radical (unpaired) electrons. The Kier molecular flexibility index (Phi) is 19.0. The minimum absolute atomic E-state index is 0.0642. The second-order valence-electron chi connectivity index (χ2n) is 15.4. The average Bonchev–Trinajstić information content (AvgIpc) is 3.43. The Bertz CT molecular complexity index is 1610. The third-order valence-electron chi connectivity index (χ3n) is 10.3. The van der Waals surface area contributed by atoms with Crippen LogP contribution in [0.2, 0.25) is 0 Å². The van der Waals surface area contributed by atoms with E-state index in [9.17, 15) is 22.8 Å². The highest BCUT2D eigenvalue weighted by Crippen LogP contribution is 2.36. The normalized spacial score (nSPS) is 17.7. The van der Waals surface area contributed by atoms with Crippen LogP contribution >= 0.6 is 0 Å². The molecule has 1 heterocycles. The molecule has 1 aliphatic heterocycles. The first-order valence-electron chi connectivity index (χ1n) is 20.0. The van der Waals surface area contributed by atoms with E-state index in [-0.39, 0.29) is 17.5 Å². The van der Waals surface area contributed by atoms with Crippen molar-refractivity contribution in [2.45, 2.75) is 164 Å². The lowest BCUT2D eigenvalue weighted by Gasteiger charge is -2.28. The van der Waals surface area contributed by atoms with E-state index in [0.717, 1.165) is 72.8 Å². The van der Waals surface area contributed by atoms with Gasteiger partial charge in [-0.2, -0.15) is 8.78 Å². The number of hydrogen-bond acceptors (Lipinski definition) is 4. The predicted molar refractivity (Wildman–Crippen MR) is 218 cm³/mol. The van der Waals surface area contributed by atoms with Crippen LogP contribution in [0, 0.1) is 32.5 Å². The summed E-state index contributed by atoms with van der Waals surface area (Å²) < 4.78 is 45.6. The highest BCUT2D eigenvalue weighted by molar-refractivity contribution is 5.89. The topological polar surface area (TPSA) is 67.4 Å². The zero-order chi connectivity index (χ0) is 40.6. The summed E-state index contributed by atoms with van der Waals surface area (Å²) in [6, 6.07) is 16.3. The van der Waals surface area contributed by atoms with Crippen molar-refractivity contribution in [3.63, 3.8) is 0 Å². The fraction of sp³-hybridized carbons (Fsp3) is 0.565. The standard InChI is InChI=1S/C20H30F2N2O2.C19H23F.C7H14O/c1-5-12-20(13-11-14(3)6-2)18(25)23-17(24-20)15-9-7-8-10-16(15)26-19(4,21)22;1-6-13(3)16-10-14(4)19(15(5)11-16)17-9-12(2)7-8-18(17)20;1-3-4-5-6-7(2)8/h7-10,14,17,24H,5-6,11-13H2,1-4H3,(H,23,25);7-11,13H,6H2,1-5H3;3-6H2,1-2H3. The zero-order valence-electron chi connectivity index (χ0n) is 34.9. The molecule has 54 heavy (non-hydrogen) atoms. The summed E-state index contributed by atoms with van der Waals surface area (Å²) in [4.78, 5) is 23.1. The number of hydrogen-bond donors (Lipinski definition) is 2. The number of ketones is 1. The molecule has 1 fully saturated rings. The summed E-state index contributed by atoms with van der Waals surface area (Å²) in [5.41, 5.74) is 6.36. The molecule has 0 bridgehead atoms. The molecule has 8 heteroatoms. The van der Waals surface area contributed by atoms with Crippen LogP contribution in [0.5, 0.6) is 5.75 Å². The van der Waals surface area contributed by atoms with Crippen LogP contribution in [0.15, 0.2) is 54.6 Å². The Morgan fingerprint density at radius 3 is 2.11 bits per heavy atom. The van der Waals surface area contributed by atoms with Crippen LogP contribution in [0.1, 0.15) is 159 Å². The molecule has 1 saturated heterocycles. The molecular formula is C46H67F3N2O3. The number of benzene rings is 3. The summed E-state index contributed by atoms with van der Waals surface area (Å²) >= 11 is 0. The number of ether oxygens (including phenoxy) is 1. The molecule has 0 aliphatic carbocycles. The molecule has 1 aliphatic rings. The molecule has 4 atom stereocenters. The van der Waals surface area contributed by atoms with Gasteiger partial charge in [-0.15, -0.1) is 0 Å². The quantitative estimate of drug-likeness (QED) is 0.143. The first-order chi connectivity index (χ1) is 25.4. The van der Waals surface area contributed by atoms with Crippen molar-refractivity contribution in [2.24, 2.45) is 5.92 Å². The number of carbonyl (C=O) groups is 2. The van der Waals surface area contributed by atoms with Gasteiger partial charge in [0, 0.05) is 24.5 Å². The summed E-state index contributed by atoms with van der Waals surface area (Å²) in [6.07, 6.45) is 5.84. The van der Waals surface area contributed by atoms with E-state index in [2.05, 4.69) is 71.2 Å². The summed E-state index contributed by atoms with van der Waals surface area (Å²) in [6.45, 7) is 21.4. The van der Waals surface area contributed by atoms with Crippen molar-refractivity contribution in [2.75, 3.05) is 0 Å². The van der Waals surface area contributed by atoms with Gasteiger partial charge >= 0.3 is 6.11 Å². The van der Waals surface area contributed by atoms with Crippen LogP contribution in [0.3, 0.4) is 0 Å². The summed E-state index contributed by atoms with van der Waals surface area (Å²) in [5, 5.41) is 6.33. The van der Waals surface area contributed by atoms with Crippen LogP contribution in [-0.2, 0) is 9.59 Å².